The predicted octanol–water partition coefficient (Wildman–Crippen LogP) is 7.40. The molecule has 8 nitrogen and oxygen atoms in total. The lowest BCUT2D eigenvalue weighted by atomic mass is 9.91. The lowest BCUT2D eigenvalue weighted by molar-refractivity contribution is -0.160. The Morgan fingerprint density at radius 1 is 1.02 bits per heavy atom. The summed E-state index contributed by atoms with van der Waals surface area (Å²) < 4.78 is 7.02. The number of fused-ring (bicyclic) bond motifs is 1. The van der Waals surface area contributed by atoms with Crippen molar-refractivity contribution in [3.63, 3.8) is 0 Å². The average molecular weight is 628 g/mol. The predicted molar refractivity (Wildman–Crippen MR) is 178 cm³/mol. The second-order valence-corrected chi connectivity index (χ2v) is 13.3. The molecular weight excluding hydrogens is 594 g/mol. The van der Waals surface area contributed by atoms with Crippen LogP contribution in [0.15, 0.2) is 67.0 Å². The summed E-state index contributed by atoms with van der Waals surface area (Å²) in [5, 5.41) is 15.1. The van der Waals surface area contributed by atoms with Crippen molar-refractivity contribution in [2.45, 2.75) is 39.4 Å². The van der Waals surface area contributed by atoms with E-state index in [4.69, 9.17) is 26.3 Å². The number of hydrogen-bond donors (Lipinski definition) is 2. The van der Waals surface area contributed by atoms with Gasteiger partial charge in [0.05, 0.1) is 21.5 Å². The number of ether oxygens (including phenoxy) is 1. The highest BCUT2D eigenvalue weighted by atomic mass is 35.5. The fraction of sp³-hybridized carbons (Fsp3) is 0.294. The van der Waals surface area contributed by atoms with Crippen LogP contribution in [0.25, 0.3) is 43.2 Å². The Balaban J connectivity index is 1.44. The number of carbonyl (C=O) groups is 1. The molecule has 1 aliphatic heterocycles. The number of carboxylic acid groups (broad SMARTS) is 1. The van der Waals surface area contributed by atoms with E-state index in [1.165, 1.54) is 11.3 Å². The molecule has 10 heteroatoms. The molecule has 44 heavy (non-hydrogen) atoms. The van der Waals surface area contributed by atoms with E-state index in [1.807, 2.05) is 82.4 Å². The van der Waals surface area contributed by atoms with Crippen molar-refractivity contribution >= 4 is 44.9 Å². The summed E-state index contributed by atoms with van der Waals surface area (Å²) in [6, 6.07) is 17.5. The monoisotopic (exact) mass is 627 g/mol. The summed E-state index contributed by atoms with van der Waals surface area (Å²) in [7, 11) is 0. The number of benzene rings is 2. The van der Waals surface area contributed by atoms with E-state index in [0.717, 1.165) is 80.7 Å². The Morgan fingerprint density at radius 3 is 2.41 bits per heavy atom. The summed E-state index contributed by atoms with van der Waals surface area (Å²) in [6.07, 6.45) is 2.49. The Hall–Kier alpha value is -3.89. The maximum Gasteiger partial charge on any atom is 0.337 e. The molecule has 4 heterocycles. The summed E-state index contributed by atoms with van der Waals surface area (Å²) >= 11 is 7.76. The van der Waals surface area contributed by atoms with Gasteiger partial charge in [-0.3, -0.25) is 4.98 Å². The third kappa shape index (κ3) is 6.32. The maximum absolute atomic E-state index is 12.6. The van der Waals surface area contributed by atoms with Crippen molar-refractivity contribution < 1.29 is 14.6 Å². The summed E-state index contributed by atoms with van der Waals surface area (Å²) in [6.45, 7) is 11.3. The zero-order valence-electron chi connectivity index (χ0n) is 25.1. The van der Waals surface area contributed by atoms with Gasteiger partial charge in [0.1, 0.15) is 10.8 Å². The fourth-order valence-corrected chi connectivity index (χ4v) is 6.75. The summed E-state index contributed by atoms with van der Waals surface area (Å²) in [4.78, 5) is 29.3. The molecule has 2 aromatic carbocycles. The fourth-order valence-electron chi connectivity index (χ4n) is 5.50. The first kappa shape index (κ1) is 30.1. The quantitative estimate of drug-likeness (QED) is 0.193. The van der Waals surface area contributed by atoms with Crippen LogP contribution in [0.4, 0.5) is 5.82 Å². The van der Waals surface area contributed by atoms with Crippen LogP contribution in [0, 0.1) is 6.92 Å². The van der Waals surface area contributed by atoms with E-state index >= 15 is 0 Å². The third-order valence-electron chi connectivity index (χ3n) is 7.51. The first-order chi connectivity index (χ1) is 21.1. The van der Waals surface area contributed by atoms with Crippen LogP contribution in [0.3, 0.4) is 0 Å². The lowest BCUT2D eigenvalue weighted by Crippen LogP contribution is -2.43. The number of thiazole rings is 1. The smallest absolute Gasteiger partial charge is 0.337 e. The summed E-state index contributed by atoms with van der Waals surface area (Å²) in [5.41, 5.74) is 5.82. The first-order valence-corrected chi connectivity index (χ1v) is 15.8. The second kappa shape index (κ2) is 12.2. The number of anilines is 1. The van der Waals surface area contributed by atoms with Gasteiger partial charge in [0.2, 0.25) is 0 Å². The third-order valence-corrected chi connectivity index (χ3v) is 8.90. The van der Waals surface area contributed by atoms with E-state index in [0.29, 0.717) is 10.6 Å². The van der Waals surface area contributed by atoms with Gasteiger partial charge in [-0.05, 0) is 81.3 Å². The molecule has 1 saturated heterocycles. The van der Waals surface area contributed by atoms with Gasteiger partial charge in [-0.25, -0.2) is 14.8 Å². The van der Waals surface area contributed by atoms with E-state index in [1.54, 1.807) is 6.20 Å². The number of aryl methyl sites for hydroxylation is 1. The van der Waals surface area contributed by atoms with Crippen LogP contribution in [0.2, 0.25) is 5.02 Å². The molecular formula is C34H34ClN5O3S. The zero-order valence-corrected chi connectivity index (χ0v) is 26.7. The largest absolute Gasteiger partial charge is 0.479 e. The number of pyridine rings is 2. The molecule has 1 fully saturated rings. The standard InChI is InChI=1S/C34H34ClN5O3S/c1-20-17-26-31(29(21-5-8-24(35)9-6-21)28(20)30(33(41)42)43-34(2,3)4)44-32(39-26)22-11-12-37-25(18-22)23-7-10-27(38-19-23)40-15-13-36-14-16-40/h5-12,17-19,30,36H,13-16H2,1-4H3,(H,41,42). The van der Waals surface area contributed by atoms with Crippen molar-refractivity contribution in [3.8, 4) is 33.0 Å². The van der Waals surface area contributed by atoms with Gasteiger partial charge in [-0.15, -0.1) is 11.3 Å². The van der Waals surface area contributed by atoms with Gasteiger partial charge in [0.15, 0.2) is 6.10 Å². The van der Waals surface area contributed by atoms with Gasteiger partial charge >= 0.3 is 5.97 Å². The molecule has 6 rings (SSSR count). The minimum Gasteiger partial charge on any atom is -0.479 e. The first-order valence-electron chi connectivity index (χ1n) is 14.6. The molecule has 226 valence electrons. The number of aromatic nitrogens is 3. The molecule has 0 amide bonds. The topological polar surface area (TPSA) is 100 Å². The average Bonchev–Trinajstić information content (AvgIpc) is 3.44. The number of aliphatic carboxylic acids is 1. The molecule has 0 bridgehead atoms. The highest BCUT2D eigenvalue weighted by molar-refractivity contribution is 7.22. The molecule has 2 N–H and O–H groups in total. The molecule has 0 radical (unpaired) electrons. The van der Waals surface area contributed by atoms with Crippen LogP contribution in [-0.4, -0.2) is 57.8 Å². The van der Waals surface area contributed by atoms with Crippen molar-refractivity contribution in [2.24, 2.45) is 0 Å². The van der Waals surface area contributed by atoms with Gasteiger partial charge in [0.25, 0.3) is 0 Å². The zero-order chi connectivity index (χ0) is 31.0. The SMILES string of the molecule is Cc1cc2nc(-c3ccnc(-c4ccc(N5CCNCC5)nc4)c3)sc2c(-c2ccc(Cl)cc2)c1C(OC(C)(C)C)C(=O)O. The molecule has 0 saturated carbocycles. The van der Waals surface area contributed by atoms with Gasteiger partial charge < -0.3 is 20.1 Å². The van der Waals surface area contributed by atoms with Crippen LogP contribution >= 0.6 is 22.9 Å². The van der Waals surface area contributed by atoms with Gasteiger partial charge in [0, 0.05) is 65.8 Å². The molecule has 1 atom stereocenters. The van der Waals surface area contributed by atoms with Gasteiger partial charge in [-0.1, -0.05) is 23.7 Å². The van der Waals surface area contributed by atoms with E-state index < -0.39 is 17.7 Å². The van der Waals surface area contributed by atoms with Crippen molar-refractivity contribution in [2.75, 3.05) is 31.1 Å². The number of hydrogen-bond acceptors (Lipinski definition) is 8. The van der Waals surface area contributed by atoms with Crippen molar-refractivity contribution in [1.29, 1.82) is 0 Å². The van der Waals surface area contributed by atoms with E-state index in [9.17, 15) is 9.90 Å². The Labute approximate surface area is 265 Å². The number of halogens is 1. The van der Waals surface area contributed by atoms with Gasteiger partial charge in [-0.2, -0.15) is 0 Å². The minimum absolute atomic E-state index is 0.602. The number of carboxylic acids is 1. The minimum atomic E-state index is -1.17. The Bertz CT molecular complexity index is 1810. The molecule has 1 unspecified atom stereocenters. The van der Waals surface area contributed by atoms with Crippen LogP contribution < -0.4 is 10.2 Å². The number of piperazine rings is 1. The van der Waals surface area contributed by atoms with Crippen LogP contribution in [-0.2, 0) is 9.53 Å². The molecule has 0 aliphatic carbocycles. The number of nitrogens with zero attached hydrogens (tertiary/aromatic N) is 4. The highest BCUT2D eigenvalue weighted by Crippen LogP contribution is 2.44. The molecule has 3 aromatic heterocycles. The number of rotatable bonds is 7. The maximum atomic E-state index is 12.6. The molecule has 5 aromatic rings. The Kier molecular flexibility index (Phi) is 8.39. The normalized spacial score (nSPS) is 14.6. The number of nitrogens with one attached hydrogen (secondary N) is 1. The highest BCUT2D eigenvalue weighted by Gasteiger charge is 2.32. The van der Waals surface area contributed by atoms with Crippen molar-refractivity contribution in [1.82, 2.24) is 20.3 Å². The lowest BCUT2D eigenvalue weighted by Gasteiger charge is -2.28. The Morgan fingerprint density at radius 2 is 1.75 bits per heavy atom. The summed E-state index contributed by atoms with van der Waals surface area (Å²) in [5.74, 6) is -0.0775. The molecule has 0 spiro atoms. The van der Waals surface area contributed by atoms with E-state index in [2.05, 4.69) is 21.3 Å². The second-order valence-electron chi connectivity index (χ2n) is 11.9. The molecule has 1 aliphatic rings. The van der Waals surface area contributed by atoms with Crippen LogP contribution in [0.5, 0.6) is 0 Å². The van der Waals surface area contributed by atoms with Crippen LogP contribution in [0.1, 0.15) is 38.0 Å². The van der Waals surface area contributed by atoms with E-state index in [-0.39, 0.29) is 0 Å². The van der Waals surface area contributed by atoms with Crippen molar-refractivity contribution in [3.05, 3.63) is 83.1 Å².